The third-order valence-electron chi connectivity index (χ3n) is 4.31. The van der Waals surface area contributed by atoms with Gasteiger partial charge in [0.1, 0.15) is 0 Å². The van der Waals surface area contributed by atoms with Crippen molar-refractivity contribution in [3.05, 3.63) is 34.9 Å². The van der Waals surface area contributed by atoms with Crippen molar-refractivity contribution in [1.82, 2.24) is 10.2 Å². The van der Waals surface area contributed by atoms with Gasteiger partial charge in [-0.1, -0.05) is 23.7 Å². The lowest BCUT2D eigenvalue weighted by Gasteiger charge is -2.28. The van der Waals surface area contributed by atoms with Crippen LogP contribution >= 0.6 is 11.6 Å². The predicted molar refractivity (Wildman–Crippen MR) is 88.9 cm³/mol. The zero-order chi connectivity index (χ0) is 15.1. The molecule has 1 atom stereocenters. The van der Waals surface area contributed by atoms with Gasteiger partial charge in [0.2, 0.25) is 0 Å². The molecule has 1 heterocycles. The van der Waals surface area contributed by atoms with E-state index in [1.54, 1.807) is 0 Å². The minimum absolute atomic E-state index is 0.362. The van der Waals surface area contributed by atoms with Crippen LogP contribution in [0.4, 0.5) is 0 Å². The van der Waals surface area contributed by atoms with Crippen molar-refractivity contribution in [2.75, 3.05) is 40.4 Å². The van der Waals surface area contributed by atoms with E-state index in [4.69, 9.17) is 16.3 Å². The molecule has 0 radical (unpaired) electrons. The lowest BCUT2D eigenvalue weighted by molar-refractivity contribution is 0.0553. The first kappa shape index (κ1) is 16.8. The van der Waals surface area contributed by atoms with E-state index in [1.165, 1.54) is 24.9 Å². The Bertz CT molecular complexity index is 421. The van der Waals surface area contributed by atoms with E-state index >= 15 is 0 Å². The summed E-state index contributed by atoms with van der Waals surface area (Å²) in [4.78, 5) is 2.45. The Labute approximate surface area is 133 Å². The van der Waals surface area contributed by atoms with E-state index in [0.29, 0.717) is 6.04 Å². The molecule has 0 saturated carbocycles. The number of nitrogens with one attached hydrogen (secondary N) is 1. The normalized spacial score (nSPS) is 18.1. The molecular weight excluding hydrogens is 284 g/mol. The van der Waals surface area contributed by atoms with Crippen molar-refractivity contribution in [2.24, 2.45) is 5.92 Å². The summed E-state index contributed by atoms with van der Waals surface area (Å²) in [5.41, 5.74) is 1.27. The second-order valence-corrected chi connectivity index (χ2v) is 6.44. The highest BCUT2D eigenvalue weighted by Crippen LogP contribution is 2.21. The molecule has 1 saturated heterocycles. The maximum absolute atomic E-state index is 6.09. The van der Waals surface area contributed by atoms with Gasteiger partial charge in [0.05, 0.1) is 0 Å². The van der Waals surface area contributed by atoms with Gasteiger partial charge in [-0.25, -0.2) is 0 Å². The second-order valence-electron chi connectivity index (χ2n) is 6.00. The number of hydrogen-bond acceptors (Lipinski definition) is 3. The summed E-state index contributed by atoms with van der Waals surface area (Å²) in [5.74, 6) is 0.794. The van der Waals surface area contributed by atoms with Crippen LogP contribution in [-0.2, 0) is 4.74 Å². The third-order valence-corrected chi connectivity index (χ3v) is 4.54. The Hall–Kier alpha value is -0.610. The van der Waals surface area contributed by atoms with Gasteiger partial charge in [-0.2, -0.15) is 0 Å². The Morgan fingerprint density at radius 2 is 2.14 bits per heavy atom. The van der Waals surface area contributed by atoms with Crippen LogP contribution in [0.5, 0.6) is 0 Å². The van der Waals surface area contributed by atoms with Gasteiger partial charge in [-0.3, -0.25) is 0 Å². The summed E-state index contributed by atoms with van der Waals surface area (Å²) in [6.07, 6.45) is 3.50. The summed E-state index contributed by atoms with van der Waals surface area (Å²) in [6.45, 7) is 4.13. The van der Waals surface area contributed by atoms with Crippen molar-refractivity contribution in [3.8, 4) is 0 Å². The Balaban J connectivity index is 1.79. The molecule has 1 N–H and O–H groups in total. The second kappa shape index (κ2) is 8.74. The number of nitrogens with zero attached hydrogens (tertiary/aromatic N) is 1. The van der Waals surface area contributed by atoms with Crippen molar-refractivity contribution in [2.45, 2.75) is 25.3 Å². The highest BCUT2D eigenvalue weighted by Gasteiger charge is 2.17. The number of halogens is 1. The summed E-state index contributed by atoms with van der Waals surface area (Å²) in [5, 5.41) is 4.21. The SMILES string of the molecule is CNC(CCN(C)CC1CCOCC1)c1cccc(Cl)c1. The van der Waals surface area contributed by atoms with Crippen molar-refractivity contribution < 1.29 is 4.74 Å². The summed E-state index contributed by atoms with van der Waals surface area (Å²) < 4.78 is 5.42. The maximum atomic E-state index is 6.09. The van der Waals surface area contributed by atoms with Crippen LogP contribution in [0.2, 0.25) is 5.02 Å². The monoisotopic (exact) mass is 310 g/mol. The van der Waals surface area contributed by atoms with Gasteiger partial charge in [0.25, 0.3) is 0 Å². The van der Waals surface area contributed by atoms with Crippen molar-refractivity contribution >= 4 is 11.6 Å². The first-order valence-electron chi connectivity index (χ1n) is 7.88. The van der Waals surface area contributed by atoms with Crippen LogP contribution in [-0.4, -0.2) is 45.3 Å². The zero-order valence-corrected chi connectivity index (χ0v) is 13.9. The van der Waals surface area contributed by atoms with Gasteiger partial charge in [-0.15, -0.1) is 0 Å². The average molecular weight is 311 g/mol. The number of ether oxygens (including phenoxy) is 1. The highest BCUT2D eigenvalue weighted by molar-refractivity contribution is 6.30. The van der Waals surface area contributed by atoms with Crippen LogP contribution in [0.15, 0.2) is 24.3 Å². The predicted octanol–water partition coefficient (Wildman–Crippen LogP) is 3.35. The summed E-state index contributed by atoms with van der Waals surface area (Å²) in [7, 11) is 4.24. The summed E-state index contributed by atoms with van der Waals surface area (Å²) in [6, 6.07) is 8.51. The first-order valence-corrected chi connectivity index (χ1v) is 8.26. The fraction of sp³-hybridized carbons (Fsp3) is 0.647. The quantitative estimate of drug-likeness (QED) is 0.836. The molecule has 1 aromatic rings. The molecule has 0 spiro atoms. The minimum atomic E-state index is 0.362. The third kappa shape index (κ3) is 5.59. The van der Waals surface area contributed by atoms with Crippen LogP contribution in [0, 0.1) is 5.92 Å². The molecule has 118 valence electrons. The zero-order valence-electron chi connectivity index (χ0n) is 13.1. The highest BCUT2D eigenvalue weighted by atomic mass is 35.5. The average Bonchev–Trinajstić information content (AvgIpc) is 2.49. The molecule has 0 aliphatic carbocycles. The van der Waals surface area contributed by atoms with Gasteiger partial charge >= 0.3 is 0 Å². The molecule has 0 aromatic heterocycles. The van der Waals surface area contributed by atoms with Gasteiger partial charge in [0, 0.05) is 30.8 Å². The smallest absolute Gasteiger partial charge is 0.0469 e. The molecule has 0 amide bonds. The standard InChI is InChI=1S/C17H27ClN2O/c1-19-17(15-4-3-5-16(18)12-15)6-9-20(2)13-14-7-10-21-11-8-14/h3-5,12,14,17,19H,6-11,13H2,1-2H3. The van der Waals surface area contributed by atoms with E-state index < -0.39 is 0 Å². The molecule has 4 heteroatoms. The van der Waals surface area contributed by atoms with Gasteiger partial charge in [-0.05, 0) is 63.5 Å². The first-order chi connectivity index (χ1) is 10.2. The molecule has 3 nitrogen and oxygen atoms in total. The van der Waals surface area contributed by atoms with Gasteiger partial charge in [0.15, 0.2) is 0 Å². The molecule has 1 aromatic carbocycles. The number of hydrogen-bond donors (Lipinski definition) is 1. The molecule has 1 fully saturated rings. The molecule has 1 aliphatic rings. The molecular formula is C17H27ClN2O. The number of rotatable bonds is 7. The lowest BCUT2D eigenvalue weighted by Crippen LogP contribution is -2.32. The van der Waals surface area contributed by atoms with Crippen molar-refractivity contribution in [1.29, 1.82) is 0 Å². The van der Waals surface area contributed by atoms with E-state index in [2.05, 4.69) is 29.4 Å². The van der Waals surface area contributed by atoms with E-state index in [0.717, 1.165) is 37.1 Å². The Kier molecular flexibility index (Phi) is 6.97. The van der Waals surface area contributed by atoms with E-state index in [9.17, 15) is 0 Å². The topological polar surface area (TPSA) is 24.5 Å². The van der Waals surface area contributed by atoms with Gasteiger partial charge < -0.3 is 15.0 Å². The Morgan fingerprint density at radius 1 is 1.38 bits per heavy atom. The fourth-order valence-electron chi connectivity index (χ4n) is 3.01. The largest absolute Gasteiger partial charge is 0.381 e. The van der Waals surface area contributed by atoms with Crippen LogP contribution in [0.1, 0.15) is 30.9 Å². The molecule has 0 bridgehead atoms. The molecule has 1 unspecified atom stereocenters. The summed E-state index contributed by atoms with van der Waals surface area (Å²) >= 11 is 6.09. The van der Waals surface area contributed by atoms with Crippen LogP contribution in [0.3, 0.4) is 0 Å². The van der Waals surface area contributed by atoms with E-state index in [-0.39, 0.29) is 0 Å². The molecule has 1 aliphatic heterocycles. The lowest BCUT2D eigenvalue weighted by atomic mass is 9.99. The Morgan fingerprint density at radius 3 is 2.81 bits per heavy atom. The van der Waals surface area contributed by atoms with Crippen LogP contribution < -0.4 is 5.32 Å². The maximum Gasteiger partial charge on any atom is 0.0469 e. The molecule has 21 heavy (non-hydrogen) atoms. The fourth-order valence-corrected chi connectivity index (χ4v) is 3.21. The van der Waals surface area contributed by atoms with Crippen molar-refractivity contribution in [3.63, 3.8) is 0 Å². The van der Waals surface area contributed by atoms with Crippen LogP contribution in [0.25, 0.3) is 0 Å². The molecule has 2 rings (SSSR count). The minimum Gasteiger partial charge on any atom is -0.381 e. The number of benzene rings is 1. The van der Waals surface area contributed by atoms with E-state index in [1.807, 2.05) is 19.2 Å².